The van der Waals surface area contributed by atoms with Crippen molar-refractivity contribution in [2.75, 3.05) is 31.2 Å². The highest BCUT2D eigenvalue weighted by Crippen LogP contribution is 2.33. The molecule has 26 heavy (non-hydrogen) atoms. The summed E-state index contributed by atoms with van der Waals surface area (Å²) in [6, 6.07) is 2.15. The molecule has 1 amide bonds. The molecule has 0 spiro atoms. The highest BCUT2D eigenvalue weighted by atomic mass is 16.5. The van der Waals surface area contributed by atoms with Gasteiger partial charge in [-0.2, -0.15) is 0 Å². The summed E-state index contributed by atoms with van der Waals surface area (Å²) in [5.41, 5.74) is 2.40. The van der Waals surface area contributed by atoms with E-state index < -0.39 is 0 Å². The standard InChI is InChI=1S/C20H31N3O3/c1-14(22-16(3)24)12-25-18-10-17(11-18)13-26-20-15(2)19(6-7-21-20)23-8-4-5-9-23/h6-7,14,17-18H,4-5,8-13H2,1-3H3,(H,22,24)/t14-,17-,18-/m0/s1. The zero-order chi connectivity index (χ0) is 18.5. The molecule has 1 aromatic rings. The Morgan fingerprint density at radius 2 is 2.12 bits per heavy atom. The molecule has 1 N–H and O–H groups in total. The first-order valence-electron chi connectivity index (χ1n) is 9.75. The van der Waals surface area contributed by atoms with E-state index in [-0.39, 0.29) is 18.1 Å². The molecular formula is C20H31N3O3. The summed E-state index contributed by atoms with van der Waals surface area (Å²) in [6.07, 6.45) is 6.69. The second-order valence-electron chi connectivity index (χ2n) is 7.66. The van der Waals surface area contributed by atoms with Crippen LogP contribution in [0.25, 0.3) is 0 Å². The molecule has 6 heteroatoms. The van der Waals surface area contributed by atoms with Crippen molar-refractivity contribution in [1.82, 2.24) is 10.3 Å². The highest BCUT2D eigenvalue weighted by Gasteiger charge is 2.31. The number of pyridine rings is 1. The number of aromatic nitrogens is 1. The van der Waals surface area contributed by atoms with Crippen LogP contribution in [-0.2, 0) is 9.53 Å². The van der Waals surface area contributed by atoms with E-state index in [0.29, 0.717) is 19.1 Å². The topological polar surface area (TPSA) is 63.7 Å². The molecule has 144 valence electrons. The molecule has 0 bridgehead atoms. The maximum Gasteiger partial charge on any atom is 0.218 e. The summed E-state index contributed by atoms with van der Waals surface area (Å²) in [5.74, 6) is 1.27. The van der Waals surface area contributed by atoms with Crippen molar-refractivity contribution in [2.24, 2.45) is 5.92 Å². The number of nitrogens with zero attached hydrogens (tertiary/aromatic N) is 2. The molecule has 0 aromatic carbocycles. The Labute approximate surface area is 156 Å². The van der Waals surface area contributed by atoms with Gasteiger partial charge >= 0.3 is 0 Å². The van der Waals surface area contributed by atoms with E-state index in [1.165, 1.54) is 25.5 Å². The lowest BCUT2D eigenvalue weighted by atomic mass is 9.83. The van der Waals surface area contributed by atoms with Crippen molar-refractivity contribution >= 4 is 11.6 Å². The Morgan fingerprint density at radius 1 is 1.38 bits per heavy atom. The number of hydrogen-bond acceptors (Lipinski definition) is 5. The number of carbonyl (C=O) groups excluding carboxylic acids is 1. The van der Waals surface area contributed by atoms with Crippen molar-refractivity contribution in [3.63, 3.8) is 0 Å². The molecule has 2 fully saturated rings. The van der Waals surface area contributed by atoms with Gasteiger partial charge in [0.15, 0.2) is 0 Å². The van der Waals surface area contributed by atoms with Crippen LogP contribution in [0, 0.1) is 12.8 Å². The second-order valence-corrected chi connectivity index (χ2v) is 7.66. The van der Waals surface area contributed by atoms with Gasteiger partial charge in [0.1, 0.15) is 0 Å². The second kappa shape index (κ2) is 8.71. The molecule has 1 aromatic heterocycles. The van der Waals surface area contributed by atoms with Gasteiger partial charge in [-0.05, 0) is 51.5 Å². The molecule has 2 aliphatic rings. The van der Waals surface area contributed by atoms with Crippen LogP contribution >= 0.6 is 0 Å². The Bertz CT molecular complexity index is 610. The van der Waals surface area contributed by atoms with Crippen LogP contribution < -0.4 is 15.0 Å². The Balaban J connectivity index is 1.39. The van der Waals surface area contributed by atoms with Crippen molar-refractivity contribution in [3.05, 3.63) is 17.8 Å². The van der Waals surface area contributed by atoms with E-state index in [0.717, 1.165) is 37.4 Å². The third-order valence-corrected chi connectivity index (χ3v) is 5.26. The minimum absolute atomic E-state index is 0.0139. The number of ether oxygens (including phenoxy) is 2. The molecule has 1 aliphatic heterocycles. The maximum atomic E-state index is 11.0. The fraction of sp³-hybridized carbons (Fsp3) is 0.700. The Kier molecular flexibility index (Phi) is 6.35. The highest BCUT2D eigenvalue weighted by molar-refractivity contribution is 5.73. The number of anilines is 1. The summed E-state index contributed by atoms with van der Waals surface area (Å²) in [7, 11) is 0. The molecular weight excluding hydrogens is 330 g/mol. The number of amides is 1. The third-order valence-electron chi connectivity index (χ3n) is 5.26. The quantitative estimate of drug-likeness (QED) is 0.771. The first-order valence-corrected chi connectivity index (χ1v) is 9.75. The molecule has 0 unspecified atom stereocenters. The van der Waals surface area contributed by atoms with Gasteiger partial charge in [0, 0.05) is 43.5 Å². The number of nitrogens with one attached hydrogen (secondary N) is 1. The molecule has 6 nitrogen and oxygen atoms in total. The predicted octanol–water partition coefficient (Wildman–Crippen LogP) is 2.69. The van der Waals surface area contributed by atoms with E-state index in [9.17, 15) is 4.79 Å². The lowest BCUT2D eigenvalue weighted by Gasteiger charge is -2.35. The summed E-state index contributed by atoms with van der Waals surface area (Å²) < 4.78 is 11.9. The first kappa shape index (κ1) is 19.0. The van der Waals surface area contributed by atoms with Gasteiger partial charge in [-0.3, -0.25) is 4.79 Å². The number of hydrogen-bond donors (Lipinski definition) is 1. The smallest absolute Gasteiger partial charge is 0.218 e. The third kappa shape index (κ3) is 4.87. The Morgan fingerprint density at radius 3 is 2.81 bits per heavy atom. The Hall–Kier alpha value is -1.82. The summed E-state index contributed by atoms with van der Waals surface area (Å²) in [5, 5.41) is 2.84. The van der Waals surface area contributed by atoms with Gasteiger partial charge < -0.3 is 19.7 Å². The molecule has 1 atom stereocenters. The zero-order valence-corrected chi connectivity index (χ0v) is 16.2. The van der Waals surface area contributed by atoms with Gasteiger partial charge in [-0.15, -0.1) is 0 Å². The first-order chi connectivity index (χ1) is 12.5. The van der Waals surface area contributed by atoms with E-state index in [4.69, 9.17) is 9.47 Å². The molecule has 3 rings (SSSR count). The van der Waals surface area contributed by atoms with E-state index in [1.54, 1.807) is 0 Å². The van der Waals surface area contributed by atoms with Gasteiger partial charge in [-0.25, -0.2) is 4.98 Å². The van der Waals surface area contributed by atoms with E-state index in [1.807, 2.05) is 13.1 Å². The van der Waals surface area contributed by atoms with Crippen molar-refractivity contribution < 1.29 is 14.3 Å². The number of rotatable bonds is 8. The molecule has 1 aliphatic carbocycles. The predicted molar refractivity (Wildman–Crippen MR) is 102 cm³/mol. The molecule has 0 radical (unpaired) electrons. The van der Waals surface area contributed by atoms with Crippen LogP contribution in [0.2, 0.25) is 0 Å². The molecule has 2 heterocycles. The summed E-state index contributed by atoms with van der Waals surface area (Å²) in [6.45, 7) is 9.11. The minimum Gasteiger partial charge on any atom is -0.477 e. The van der Waals surface area contributed by atoms with Crippen LogP contribution in [0.3, 0.4) is 0 Å². The van der Waals surface area contributed by atoms with Gasteiger partial charge in [0.05, 0.1) is 19.3 Å². The lowest BCUT2D eigenvalue weighted by molar-refractivity contribution is -0.120. The van der Waals surface area contributed by atoms with Gasteiger partial charge in [0.25, 0.3) is 0 Å². The molecule has 1 saturated carbocycles. The van der Waals surface area contributed by atoms with E-state index in [2.05, 4.69) is 28.2 Å². The fourth-order valence-corrected chi connectivity index (χ4v) is 3.77. The zero-order valence-electron chi connectivity index (χ0n) is 16.2. The van der Waals surface area contributed by atoms with Crippen LogP contribution in [0.4, 0.5) is 5.69 Å². The molecule has 1 saturated heterocycles. The normalized spacial score (nSPS) is 23.4. The van der Waals surface area contributed by atoms with Crippen LogP contribution in [0.5, 0.6) is 5.88 Å². The van der Waals surface area contributed by atoms with Crippen LogP contribution in [-0.4, -0.2) is 49.3 Å². The maximum absolute atomic E-state index is 11.0. The number of carbonyl (C=O) groups is 1. The average molecular weight is 361 g/mol. The summed E-state index contributed by atoms with van der Waals surface area (Å²) >= 11 is 0. The lowest BCUT2D eigenvalue weighted by Crippen LogP contribution is -2.40. The van der Waals surface area contributed by atoms with Crippen LogP contribution in [0.1, 0.15) is 45.1 Å². The van der Waals surface area contributed by atoms with Crippen molar-refractivity contribution in [2.45, 2.75) is 58.6 Å². The average Bonchev–Trinajstić information content (AvgIpc) is 3.07. The fourth-order valence-electron chi connectivity index (χ4n) is 3.77. The minimum atomic E-state index is -0.0139. The van der Waals surface area contributed by atoms with Crippen LogP contribution in [0.15, 0.2) is 12.3 Å². The van der Waals surface area contributed by atoms with Crippen molar-refractivity contribution in [3.8, 4) is 5.88 Å². The van der Waals surface area contributed by atoms with Gasteiger partial charge in [-0.1, -0.05) is 0 Å². The van der Waals surface area contributed by atoms with E-state index >= 15 is 0 Å². The summed E-state index contributed by atoms with van der Waals surface area (Å²) in [4.78, 5) is 17.8. The SMILES string of the molecule is CC(=O)N[C@@H](C)CO[C@H]1C[C@H](COc2nccc(N3CCCC3)c2C)C1. The monoisotopic (exact) mass is 361 g/mol. The van der Waals surface area contributed by atoms with Crippen molar-refractivity contribution in [1.29, 1.82) is 0 Å². The van der Waals surface area contributed by atoms with Gasteiger partial charge in [0.2, 0.25) is 11.8 Å². The largest absolute Gasteiger partial charge is 0.477 e.